The van der Waals surface area contributed by atoms with Crippen LogP contribution in [-0.2, 0) is 0 Å². The number of rotatable bonds is 4. The normalized spacial score (nSPS) is 31.8. The third kappa shape index (κ3) is 2.77. The van der Waals surface area contributed by atoms with Gasteiger partial charge in [-0.3, -0.25) is 0 Å². The largest absolute Gasteiger partial charge is 0.393 e. The Morgan fingerprint density at radius 1 is 0.923 bits per heavy atom. The van der Waals surface area contributed by atoms with Gasteiger partial charge in [-0.15, -0.1) is 0 Å². The minimum absolute atomic E-state index is 0.143. The van der Waals surface area contributed by atoms with Gasteiger partial charge in [-0.25, -0.2) is 14.4 Å². The van der Waals surface area contributed by atoms with Crippen LogP contribution in [0.15, 0.2) is 30.6 Å². The highest BCUT2D eigenvalue weighted by Crippen LogP contribution is 2.56. The first-order valence-electron chi connectivity index (χ1n) is 9.50. The van der Waals surface area contributed by atoms with Crippen LogP contribution in [0.2, 0.25) is 0 Å². The van der Waals surface area contributed by atoms with Crippen LogP contribution in [0.4, 0.5) is 27.4 Å². The van der Waals surface area contributed by atoms with E-state index in [-0.39, 0.29) is 11.4 Å². The Morgan fingerprint density at radius 3 is 2.12 bits per heavy atom. The summed E-state index contributed by atoms with van der Waals surface area (Å²) in [5.74, 6) is 3.57. The number of nitrogens with zero attached hydrogens (tertiary/aromatic N) is 2. The molecule has 0 aliphatic heterocycles. The van der Waals surface area contributed by atoms with Crippen molar-refractivity contribution in [2.75, 3.05) is 16.4 Å². The van der Waals surface area contributed by atoms with Gasteiger partial charge in [0.25, 0.3) is 0 Å². The summed E-state index contributed by atoms with van der Waals surface area (Å²) in [5, 5.41) is 6.88. The van der Waals surface area contributed by atoms with Crippen LogP contribution in [-0.4, -0.2) is 15.5 Å². The summed E-state index contributed by atoms with van der Waals surface area (Å²) < 4.78 is 13.1. The Hall–Kier alpha value is -2.37. The van der Waals surface area contributed by atoms with E-state index >= 15 is 0 Å². The summed E-state index contributed by atoms with van der Waals surface area (Å²) in [5.41, 5.74) is 7.78. The lowest BCUT2D eigenvalue weighted by atomic mass is 9.53. The summed E-state index contributed by atoms with van der Waals surface area (Å²) in [4.78, 5) is 8.69. The van der Waals surface area contributed by atoms with Crippen molar-refractivity contribution in [1.82, 2.24) is 9.97 Å². The SMILES string of the molecule is Nc1c(Nc2ccc(F)cc2)ncnc1NC12CC3CC(CC(C3)C1)C2. The van der Waals surface area contributed by atoms with Gasteiger partial charge < -0.3 is 16.4 Å². The molecular formula is C20H24FN5. The lowest BCUT2D eigenvalue weighted by Crippen LogP contribution is -2.55. The number of aromatic nitrogens is 2. The zero-order valence-corrected chi connectivity index (χ0v) is 14.7. The lowest BCUT2D eigenvalue weighted by Gasteiger charge is -2.57. The van der Waals surface area contributed by atoms with Crippen molar-refractivity contribution in [3.05, 3.63) is 36.4 Å². The van der Waals surface area contributed by atoms with Gasteiger partial charge in [-0.05, 0) is 80.5 Å². The zero-order chi connectivity index (χ0) is 17.7. The van der Waals surface area contributed by atoms with Crippen LogP contribution in [0.1, 0.15) is 38.5 Å². The maximum Gasteiger partial charge on any atom is 0.159 e. The van der Waals surface area contributed by atoms with E-state index in [1.807, 2.05) is 0 Å². The molecule has 26 heavy (non-hydrogen) atoms. The van der Waals surface area contributed by atoms with Crippen LogP contribution in [0, 0.1) is 23.6 Å². The number of hydrogen-bond acceptors (Lipinski definition) is 5. The molecule has 5 nitrogen and oxygen atoms in total. The van der Waals surface area contributed by atoms with E-state index in [0.29, 0.717) is 17.3 Å². The fourth-order valence-corrected chi connectivity index (χ4v) is 5.78. The predicted molar refractivity (Wildman–Crippen MR) is 101 cm³/mol. The smallest absolute Gasteiger partial charge is 0.159 e. The van der Waals surface area contributed by atoms with E-state index in [1.165, 1.54) is 57.0 Å². The lowest BCUT2D eigenvalue weighted by molar-refractivity contribution is 0.0106. The molecule has 4 bridgehead atoms. The third-order valence-electron chi connectivity index (χ3n) is 6.41. The monoisotopic (exact) mass is 353 g/mol. The van der Waals surface area contributed by atoms with Crippen molar-refractivity contribution < 1.29 is 4.39 Å². The Kier molecular flexibility index (Phi) is 3.55. The van der Waals surface area contributed by atoms with Crippen molar-refractivity contribution in [2.24, 2.45) is 17.8 Å². The maximum atomic E-state index is 13.1. The molecule has 2 aromatic rings. The molecule has 6 heteroatoms. The quantitative estimate of drug-likeness (QED) is 0.763. The van der Waals surface area contributed by atoms with Crippen LogP contribution in [0.25, 0.3) is 0 Å². The molecule has 4 aliphatic carbocycles. The van der Waals surface area contributed by atoms with E-state index in [2.05, 4.69) is 20.6 Å². The van der Waals surface area contributed by atoms with Crippen molar-refractivity contribution >= 4 is 23.0 Å². The van der Waals surface area contributed by atoms with Crippen molar-refractivity contribution in [2.45, 2.75) is 44.1 Å². The molecule has 0 unspecified atom stereocenters. The number of hydrogen-bond donors (Lipinski definition) is 3. The Balaban J connectivity index is 1.39. The minimum atomic E-state index is -0.268. The highest BCUT2D eigenvalue weighted by atomic mass is 19.1. The van der Waals surface area contributed by atoms with Crippen molar-refractivity contribution in [1.29, 1.82) is 0 Å². The van der Waals surface area contributed by atoms with E-state index in [4.69, 9.17) is 5.73 Å². The van der Waals surface area contributed by atoms with Gasteiger partial charge in [0.1, 0.15) is 17.8 Å². The third-order valence-corrected chi connectivity index (χ3v) is 6.41. The van der Waals surface area contributed by atoms with Gasteiger partial charge in [0.15, 0.2) is 11.6 Å². The molecule has 0 saturated heterocycles. The number of benzene rings is 1. The van der Waals surface area contributed by atoms with Crippen LogP contribution < -0.4 is 16.4 Å². The first-order valence-corrected chi connectivity index (χ1v) is 9.50. The first-order chi connectivity index (χ1) is 12.6. The van der Waals surface area contributed by atoms with Crippen LogP contribution >= 0.6 is 0 Å². The Bertz CT molecular complexity index is 784. The first kappa shape index (κ1) is 15.9. The summed E-state index contributed by atoms with van der Waals surface area (Å²) in [6.07, 6.45) is 9.41. The fourth-order valence-electron chi connectivity index (χ4n) is 5.78. The number of nitrogen functional groups attached to an aromatic ring is 1. The van der Waals surface area contributed by atoms with Gasteiger partial charge in [0.05, 0.1) is 0 Å². The molecule has 0 spiro atoms. The fraction of sp³-hybridized carbons (Fsp3) is 0.500. The average Bonchev–Trinajstić information content (AvgIpc) is 2.59. The Labute approximate surface area is 152 Å². The zero-order valence-electron chi connectivity index (χ0n) is 14.7. The topological polar surface area (TPSA) is 75.9 Å². The van der Waals surface area contributed by atoms with Gasteiger partial charge in [0, 0.05) is 11.2 Å². The Morgan fingerprint density at radius 2 is 1.50 bits per heavy atom. The summed E-state index contributed by atoms with van der Waals surface area (Å²) in [6, 6.07) is 6.16. The summed E-state index contributed by atoms with van der Waals surface area (Å²) >= 11 is 0. The molecule has 4 N–H and O–H groups in total. The van der Waals surface area contributed by atoms with Gasteiger partial charge in [-0.1, -0.05) is 0 Å². The molecule has 1 heterocycles. The molecule has 0 atom stereocenters. The van der Waals surface area contributed by atoms with Crippen LogP contribution in [0.3, 0.4) is 0 Å². The van der Waals surface area contributed by atoms with E-state index in [1.54, 1.807) is 12.1 Å². The van der Waals surface area contributed by atoms with E-state index < -0.39 is 0 Å². The second-order valence-corrected chi connectivity index (χ2v) is 8.44. The molecule has 4 fully saturated rings. The molecule has 0 amide bonds. The van der Waals surface area contributed by atoms with Gasteiger partial charge in [-0.2, -0.15) is 0 Å². The van der Waals surface area contributed by atoms with E-state index in [9.17, 15) is 4.39 Å². The highest BCUT2D eigenvalue weighted by molar-refractivity contribution is 5.78. The second kappa shape index (κ2) is 5.83. The number of anilines is 4. The average molecular weight is 353 g/mol. The van der Waals surface area contributed by atoms with E-state index in [0.717, 1.165) is 23.4 Å². The molecule has 1 aromatic heterocycles. The second-order valence-electron chi connectivity index (χ2n) is 8.44. The number of nitrogens with one attached hydrogen (secondary N) is 2. The molecule has 0 radical (unpaired) electrons. The van der Waals surface area contributed by atoms with Gasteiger partial charge in [0.2, 0.25) is 0 Å². The minimum Gasteiger partial charge on any atom is -0.393 e. The molecule has 4 saturated carbocycles. The maximum absolute atomic E-state index is 13.1. The highest BCUT2D eigenvalue weighted by Gasteiger charge is 2.51. The standard InChI is InChI=1S/C20H24FN5/c21-15-1-3-16(4-2-15)25-18-17(22)19(24-11-23-18)26-20-8-12-5-13(9-20)7-14(6-12)10-20/h1-4,11-14H,5-10,22H2,(H2,23,24,25,26). The summed E-state index contributed by atoms with van der Waals surface area (Å²) in [7, 11) is 0. The van der Waals surface area contributed by atoms with Crippen molar-refractivity contribution in [3.63, 3.8) is 0 Å². The predicted octanol–water partition coefficient (Wildman–Crippen LogP) is 4.32. The number of halogens is 1. The van der Waals surface area contributed by atoms with Gasteiger partial charge >= 0.3 is 0 Å². The molecule has 6 rings (SSSR count). The van der Waals surface area contributed by atoms with Crippen LogP contribution in [0.5, 0.6) is 0 Å². The molecular weight excluding hydrogens is 329 g/mol. The van der Waals surface area contributed by atoms with Crippen molar-refractivity contribution in [3.8, 4) is 0 Å². The molecule has 4 aliphatic rings. The molecule has 1 aromatic carbocycles. The molecule has 136 valence electrons. The number of nitrogens with two attached hydrogens (primary N) is 1. The summed E-state index contributed by atoms with van der Waals surface area (Å²) in [6.45, 7) is 0.